The van der Waals surface area contributed by atoms with Crippen molar-refractivity contribution in [2.75, 3.05) is 11.9 Å². The van der Waals surface area contributed by atoms with Crippen molar-refractivity contribution in [1.82, 2.24) is 10.3 Å². The first-order valence-electron chi connectivity index (χ1n) is 8.32. The van der Waals surface area contributed by atoms with Crippen molar-refractivity contribution in [1.29, 1.82) is 0 Å². The average molecular weight is 428 g/mol. The van der Waals surface area contributed by atoms with Crippen LogP contribution in [0.25, 0.3) is 0 Å². The molecule has 0 fully saturated rings. The van der Waals surface area contributed by atoms with E-state index in [1.807, 2.05) is 0 Å². The molecule has 28 heavy (non-hydrogen) atoms. The van der Waals surface area contributed by atoms with Gasteiger partial charge in [0.15, 0.2) is 18.2 Å². The smallest absolute Gasteiger partial charge is 0.329 e. The number of anilines is 1. The Morgan fingerprint density at radius 2 is 1.96 bits per heavy atom. The first-order chi connectivity index (χ1) is 13.2. The van der Waals surface area contributed by atoms with Crippen LogP contribution >= 0.6 is 23.2 Å². The minimum atomic E-state index is -0.954. The Kier molecular flexibility index (Phi) is 7.42. The van der Waals surface area contributed by atoms with E-state index in [-0.39, 0.29) is 22.5 Å². The van der Waals surface area contributed by atoms with Gasteiger partial charge in [-0.05, 0) is 31.0 Å². The number of carbonyl (C=O) groups is 3. The highest BCUT2D eigenvalue weighted by atomic mass is 35.5. The van der Waals surface area contributed by atoms with Crippen molar-refractivity contribution in [3.63, 3.8) is 0 Å². The molecule has 0 aromatic carbocycles. The first kappa shape index (κ1) is 21.7. The number of esters is 1. The van der Waals surface area contributed by atoms with Crippen LogP contribution in [0.5, 0.6) is 0 Å². The molecule has 1 atom stereocenters. The quantitative estimate of drug-likeness (QED) is 0.656. The fraction of sp³-hybridized carbons (Fsp3) is 0.333. The molecule has 10 heteroatoms. The maximum atomic E-state index is 12.3. The Morgan fingerprint density at radius 3 is 2.57 bits per heavy atom. The predicted molar refractivity (Wildman–Crippen MR) is 103 cm³/mol. The van der Waals surface area contributed by atoms with Crippen LogP contribution in [-0.4, -0.2) is 35.4 Å². The Morgan fingerprint density at radius 1 is 1.25 bits per heavy atom. The Labute approximate surface area is 171 Å². The zero-order chi connectivity index (χ0) is 20.8. The predicted octanol–water partition coefficient (Wildman–Crippen LogP) is 3.23. The molecule has 0 saturated carbocycles. The van der Waals surface area contributed by atoms with E-state index < -0.39 is 30.4 Å². The molecule has 2 aromatic heterocycles. The summed E-state index contributed by atoms with van der Waals surface area (Å²) in [6.45, 7) is 4.55. The number of carbonyl (C=O) groups excluding carboxylic acids is 3. The minimum absolute atomic E-state index is 0.0648. The molecule has 150 valence electrons. The van der Waals surface area contributed by atoms with Gasteiger partial charge in [-0.1, -0.05) is 37.0 Å². The number of furan rings is 1. The molecule has 0 aliphatic carbocycles. The molecule has 0 bridgehead atoms. The molecule has 2 N–H and O–H groups in total. The van der Waals surface area contributed by atoms with Gasteiger partial charge in [-0.25, -0.2) is 9.78 Å². The number of hydrogen-bond acceptors (Lipinski definition) is 6. The normalized spacial score (nSPS) is 11.8. The largest absolute Gasteiger partial charge is 0.459 e. The molecule has 2 amide bonds. The molecule has 8 nitrogen and oxygen atoms in total. The summed E-state index contributed by atoms with van der Waals surface area (Å²) in [7, 11) is 0. The Hall–Kier alpha value is -2.58. The standard InChI is InChI=1S/C18H19Cl2N3O5/c1-9(2)15(23-17(25)13-5-4-6-27-13)18(26)28-8-14(24)22-16-12(20)7-11(19)10(3)21-16/h4-7,9,15H,8H2,1-3H3,(H,23,25)(H,21,22,24)/t15-/m0/s1. The second-order valence-electron chi connectivity index (χ2n) is 6.21. The monoisotopic (exact) mass is 427 g/mol. The molecular weight excluding hydrogens is 409 g/mol. The highest BCUT2D eigenvalue weighted by Crippen LogP contribution is 2.25. The lowest BCUT2D eigenvalue weighted by Gasteiger charge is -2.20. The van der Waals surface area contributed by atoms with Crippen molar-refractivity contribution < 1.29 is 23.5 Å². The van der Waals surface area contributed by atoms with Crippen molar-refractivity contribution in [3.8, 4) is 0 Å². The van der Waals surface area contributed by atoms with E-state index in [2.05, 4.69) is 15.6 Å². The molecule has 2 aromatic rings. The number of hydrogen-bond donors (Lipinski definition) is 2. The van der Waals surface area contributed by atoms with E-state index in [0.717, 1.165) is 0 Å². The molecule has 2 heterocycles. The zero-order valence-electron chi connectivity index (χ0n) is 15.4. The summed E-state index contributed by atoms with van der Waals surface area (Å²) in [4.78, 5) is 40.5. The summed E-state index contributed by atoms with van der Waals surface area (Å²) in [5.74, 6) is -2.05. The van der Waals surface area contributed by atoms with Crippen molar-refractivity contribution in [2.45, 2.75) is 26.8 Å². The molecule has 0 unspecified atom stereocenters. The maximum absolute atomic E-state index is 12.3. The van der Waals surface area contributed by atoms with Gasteiger partial charge in [0.1, 0.15) is 6.04 Å². The molecule has 0 aliphatic heterocycles. The summed E-state index contributed by atoms with van der Waals surface area (Å²) in [5.41, 5.74) is 0.485. The van der Waals surface area contributed by atoms with Crippen LogP contribution in [0.4, 0.5) is 5.82 Å². The summed E-state index contributed by atoms with van der Waals surface area (Å²) >= 11 is 11.9. The summed E-state index contributed by atoms with van der Waals surface area (Å²) < 4.78 is 10.0. The van der Waals surface area contributed by atoms with Gasteiger partial charge in [-0.2, -0.15) is 0 Å². The van der Waals surface area contributed by atoms with Gasteiger partial charge in [0.25, 0.3) is 11.8 Å². The molecule has 0 saturated heterocycles. The third-order valence-electron chi connectivity index (χ3n) is 3.66. The molecule has 2 rings (SSSR count). The first-order valence-corrected chi connectivity index (χ1v) is 9.08. The van der Waals surface area contributed by atoms with Crippen LogP contribution in [0.2, 0.25) is 10.0 Å². The van der Waals surface area contributed by atoms with Gasteiger partial charge in [-0.15, -0.1) is 0 Å². The van der Waals surface area contributed by atoms with E-state index in [4.69, 9.17) is 32.4 Å². The third kappa shape index (κ3) is 5.71. The van der Waals surface area contributed by atoms with Crippen LogP contribution in [0.15, 0.2) is 28.9 Å². The van der Waals surface area contributed by atoms with Gasteiger partial charge in [0.05, 0.1) is 22.0 Å². The summed E-state index contributed by atoms with van der Waals surface area (Å²) in [6, 6.07) is 3.52. The van der Waals surface area contributed by atoms with Crippen LogP contribution in [0.3, 0.4) is 0 Å². The van der Waals surface area contributed by atoms with Crippen molar-refractivity contribution in [3.05, 3.63) is 46.0 Å². The molecule has 0 aliphatic rings. The number of nitrogens with one attached hydrogen (secondary N) is 2. The summed E-state index contributed by atoms with van der Waals surface area (Å²) in [6.07, 6.45) is 1.35. The van der Waals surface area contributed by atoms with Gasteiger partial charge >= 0.3 is 5.97 Å². The second kappa shape index (κ2) is 9.57. The molecule has 0 radical (unpaired) electrons. The zero-order valence-corrected chi connectivity index (χ0v) is 16.9. The summed E-state index contributed by atoms with van der Waals surface area (Å²) in [5, 5.41) is 5.49. The van der Waals surface area contributed by atoms with Crippen LogP contribution in [-0.2, 0) is 14.3 Å². The highest BCUT2D eigenvalue weighted by Gasteiger charge is 2.27. The highest BCUT2D eigenvalue weighted by molar-refractivity contribution is 6.36. The SMILES string of the molecule is Cc1nc(NC(=O)COC(=O)[C@@H](NC(=O)c2ccco2)C(C)C)c(Cl)cc1Cl. The number of pyridine rings is 1. The van der Waals surface area contributed by atoms with Crippen molar-refractivity contribution in [2.24, 2.45) is 5.92 Å². The van der Waals surface area contributed by atoms with E-state index in [0.29, 0.717) is 10.7 Å². The van der Waals surface area contributed by atoms with E-state index in [1.165, 1.54) is 18.4 Å². The lowest BCUT2D eigenvalue weighted by molar-refractivity contribution is -0.150. The topological polar surface area (TPSA) is 111 Å². The van der Waals surface area contributed by atoms with E-state index >= 15 is 0 Å². The van der Waals surface area contributed by atoms with E-state index in [1.54, 1.807) is 26.8 Å². The minimum Gasteiger partial charge on any atom is -0.459 e. The van der Waals surface area contributed by atoms with Gasteiger partial charge < -0.3 is 19.8 Å². The second-order valence-corrected chi connectivity index (χ2v) is 7.03. The van der Waals surface area contributed by atoms with Crippen LogP contribution < -0.4 is 10.6 Å². The Bertz CT molecular complexity index is 868. The van der Waals surface area contributed by atoms with E-state index in [9.17, 15) is 14.4 Å². The van der Waals surface area contributed by atoms with Gasteiger partial charge in [-0.3, -0.25) is 9.59 Å². The number of ether oxygens (including phenoxy) is 1. The Balaban J connectivity index is 1.94. The fourth-order valence-corrected chi connectivity index (χ4v) is 2.56. The van der Waals surface area contributed by atoms with Gasteiger partial charge in [0.2, 0.25) is 0 Å². The molecule has 0 spiro atoms. The number of aryl methyl sites for hydroxylation is 1. The van der Waals surface area contributed by atoms with Crippen molar-refractivity contribution >= 4 is 46.8 Å². The number of rotatable bonds is 7. The number of aromatic nitrogens is 1. The maximum Gasteiger partial charge on any atom is 0.329 e. The average Bonchev–Trinajstić information content (AvgIpc) is 3.16. The van der Waals surface area contributed by atoms with Crippen LogP contribution in [0.1, 0.15) is 30.1 Å². The number of halogens is 2. The number of nitrogens with zero attached hydrogens (tertiary/aromatic N) is 1. The molecular formula is C18H19Cl2N3O5. The van der Waals surface area contributed by atoms with Crippen LogP contribution in [0, 0.1) is 12.8 Å². The lowest BCUT2D eigenvalue weighted by Crippen LogP contribution is -2.45. The third-order valence-corrected chi connectivity index (χ3v) is 4.33. The van der Waals surface area contributed by atoms with Gasteiger partial charge in [0, 0.05) is 0 Å². The number of amides is 2. The fourth-order valence-electron chi connectivity index (χ4n) is 2.16. The lowest BCUT2D eigenvalue weighted by atomic mass is 10.0.